The van der Waals surface area contributed by atoms with Crippen molar-refractivity contribution in [3.63, 3.8) is 0 Å². The molecular weight excluding hydrogens is 326 g/mol. The number of rotatable bonds is 7. The second-order valence-corrected chi connectivity index (χ2v) is 5.23. The number of nitrogens with one attached hydrogen (secondary N) is 1. The molecule has 26 heavy (non-hydrogen) atoms. The molecule has 0 spiro atoms. The van der Waals surface area contributed by atoms with Crippen LogP contribution in [0.5, 0.6) is 0 Å². The molecule has 4 heteroatoms. The Labute approximate surface area is 160 Å². The van der Waals surface area contributed by atoms with E-state index < -0.39 is 11.5 Å². The van der Waals surface area contributed by atoms with Crippen LogP contribution in [0.1, 0.15) is 61.3 Å². The SMILES string of the molecule is CC.CC.C\C=C/C=C\C(=C/C)NC(=O)[C@@](C)(O)COC1=CCCC=C1. The Morgan fingerprint density at radius 2 is 1.88 bits per heavy atom. The fourth-order valence-electron chi connectivity index (χ4n) is 1.73. The lowest BCUT2D eigenvalue weighted by Crippen LogP contribution is -2.47. The number of aliphatic hydroxyl groups is 1. The first-order valence-electron chi connectivity index (χ1n) is 9.48. The quantitative estimate of drug-likeness (QED) is 0.612. The van der Waals surface area contributed by atoms with E-state index in [0.717, 1.165) is 12.8 Å². The molecular formula is C22H37NO3. The van der Waals surface area contributed by atoms with Gasteiger partial charge < -0.3 is 15.2 Å². The third-order valence-electron chi connectivity index (χ3n) is 3.12. The predicted molar refractivity (Wildman–Crippen MR) is 112 cm³/mol. The van der Waals surface area contributed by atoms with Gasteiger partial charge in [-0.1, -0.05) is 58.1 Å². The van der Waals surface area contributed by atoms with Crippen LogP contribution in [0.3, 0.4) is 0 Å². The van der Waals surface area contributed by atoms with Crippen LogP contribution < -0.4 is 5.32 Å². The molecule has 0 fully saturated rings. The fraction of sp³-hybridized carbons (Fsp3) is 0.500. The van der Waals surface area contributed by atoms with Crippen LogP contribution in [-0.2, 0) is 9.53 Å². The van der Waals surface area contributed by atoms with Gasteiger partial charge in [-0.3, -0.25) is 4.79 Å². The summed E-state index contributed by atoms with van der Waals surface area (Å²) < 4.78 is 5.50. The molecule has 1 aliphatic rings. The Hall–Kier alpha value is -2.07. The van der Waals surface area contributed by atoms with Gasteiger partial charge in [-0.05, 0) is 51.8 Å². The van der Waals surface area contributed by atoms with E-state index in [1.54, 1.807) is 12.2 Å². The van der Waals surface area contributed by atoms with Crippen LogP contribution >= 0.6 is 0 Å². The lowest BCUT2D eigenvalue weighted by atomic mass is 10.1. The Morgan fingerprint density at radius 3 is 2.38 bits per heavy atom. The Bertz CT molecular complexity index is 524. The topological polar surface area (TPSA) is 58.6 Å². The van der Waals surface area contributed by atoms with E-state index in [0.29, 0.717) is 11.5 Å². The van der Waals surface area contributed by atoms with E-state index >= 15 is 0 Å². The maximum atomic E-state index is 12.2. The molecule has 0 saturated heterocycles. The van der Waals surface area contributed by atoms with Crippen LogP contribution in [0.4, 0.5) is 0 Å². The van der Waals surface area contributed by atoms with Crippen molar-refractivity contribution in [1.29, 1.82) is 0 Å². The molecule has 148 valence electrons. The molecule has 1 amide bonds. The second-order valence-electron chi connectivity index (χ2n) is 5.23. The van der Waals surface area contributed by atoms with Crippen LogP contribution in [0.25, 0.3) is 0 Å². The molecule has 0 aromatic heterocycles. The maximum Gasteiger partial charge on any atom is 0.259 e. The van der Waals surface area contributed by atoms with E-state index in [4.69, 9.17) is 4.74 Å². The fourth-order valence-corrected chi connectivity index (χ4v) is 1.73. The Balaban J connectivity index is 0. The molecule has 1 aliphatic carbocycles. The molecule has 1 rings (SSSR count). The summed E-state index contributed by atoms with van der Waals surface area (Å²) in [5, 5.41) is 13.0. The van der Waals surface area contributed by atoms with Gasteiger partial charge >= 0.3 is 0 Å². The van der Waals surface area contributed by atoms with Crippen LogP contribution in [0.2, 0.25) is 0 Å². The van der Waals surface area contributed by atoms with Gasteiger partial charge in [-0.15, -0.1) is 0 Å². The highest BCUT2D eigenvalue weighted by Gasteiger charge is 2.31. The van der Waals surface area contributed by atoms with Gasteiger partial charge in [0.25, 0.3) is 5.91 Å². The van der Waals surface area contributed by atoms with Gasteiger partial charge in [0, 0.05) is 5.70 Å². The monoisotopic (exact) mass is 363 g/mol. The number of carbonyl (C=O) groups excluding carboxylic acids is 1. The van der Waals surface area contributed by atoms with Gasteiger partial charge in [0.1, 0.15) is 12.4 Å². The maximum absolute atomic E-state index is 12.2. The molecule has 0 bridgehead atoms. The highest BCUT2D eigenvalue weighted by molar-refractivity contribution is 5.86. The molecule has 0 heterocycles. The predicted octanol–water partition coefficient (Wildman–Crippen LogP) is 5.19. The lowest BCUT2D eigenvalue weighted by molar-refractivity contribution is -0.141. The van der Waals surface area contributed by atoms with E-state index in [2.05, 4.69) is 5.32 Å². The lowest BCUT2D eigenvalue weighted by Gasteiger charge is -2.23. The molecule has 0 saturated carbocycles. The van der Waals surface area contributed by atoms with Crippen molar-refractivity contribution < 1.29 is 14.6 Å². The number of carbonyl (C=O) groups is 1. The molecule has 2 N–H and O–H groups in total. The summed E-state index contributed by atoms with van der Waals surface area (Å²) in [5.41, 5.74) is -0.977. The van der Waals surface area contributed by atoms with Crippen molar-refractivity contribution in [2.45, 2.75) is 66.9 Å². The second kappa shape index (κ2) is 16.4. The van der Waals surface area contributed by atoms with E-state index in [-0.39, 0.29) is 6.61 Å². The number of ether oxygens (including phenoxy) is 1. The number of hydrogen-bond acceptors (Lipinski definition) is 3. The smallest absolute Gasteiger partial charge is 0.259 e. The summed E-state index contributed by atoms with van der Waals surface area (Å²) in [6, 6.07) is 0. The average Bonchev–Trinajstić information content (AvgIpc) is 2.69. The van der Waals surface area contributed by atoms with Crippen molar-refractivity contribution in [2.75, 3.05) is 6.61 Å². The van der Waals surface area contributed by atoms with Crippen molar-refractivity contribution in [1.82, 2.24) is 5.32 Å². The number of allylic oxidation sites excluding steroid dienone is 8. The first-order valence-corrected chi connectivity index (χ1v) is 9.48. The minimum atomic E-state index is -1.60. The summed E-state index contributed by atoms with van der Waals surface area (Å²) in [4.78, 5) is 12.2. The first-order chi connectivity index (χ1) is 12.5. The molecule has 0 aliphatic heterocycles. The normalized spacial score (nSPS) is 16.0. The van der Waals surface area contributed by atoms with E-state index in [9.17, 15) is 9.90 Å². The molecule has 1 atom stereocenters. The summed E-state index contributed by atoms with van der Waals surface area (Å²) in [6.45, 7) is 13.1. The number of hydrogen-bond donors (Lipinski definition) is 2. The van der Waals surface area contributed by atoms with Crippen LogP contribution in [0, 0.1) is 0 Å². The summed E-state index contributed by atoms with van der Waals surface area (Å²) >= 11 is 0. The van der Waals surface area contributed by atoms with Gasteiger partial charge in [0.15, 0.2) is 5.60 Å². The number of amides is 1. The van der Waals surface area contributed by atoms with Crippen LogP contribution in [0.15, 0.2) is 60.1 Å². The molecule has 0 radical (unpaired) electrons. The Kier molecular flexibility index (Phi) is 16.5. The Morgan fingerprint density at radius 1 is 1.23 bits per heavy atom. The van der Waals surface area contributed by atoms with Crippen molar-refractivity contribution in [3.05, 3.63) is 60.1 Å². The van der Waals surface area contributed by atoms with E-state index in [1.165, 1.54) is 6.92 Å². The molecule has 4 nitrogen and oxygen atoms in total. The van der Waals surface area contributed by atoms with Gasteiger partial charge in [0.05, 0.1) is 0 Å². The largest absolute Gasteiger partial charge is 0.490 e. The highest BCUT2D eigenvalue weighted by Crippen LogP contribution is 2.14. The van der Waals surface area contributed by atoms with Gasteiger partial charge in [-0.2, -0.15) is 0 Å². The van der Waals surface area contributed by atoms with Crippen molar-refractivity contribution in [2.24, 2.45) is 0 Å². The zero-order valence-corrected chi connectivity index (χ0v) is 17.5. The third kappa shape index (κ3) is 11.5. The zero-order chi connectivity index (χ0) is 20.4. The summed E-state index contributed by atoms with van der Waals surface area (Å²) in [5.74, 6) is 0.199. The third-order valence-corrected chi connectivity index (χ3v) is 3.12. The van der Waals surface area contributed by atoms with Crippen LogP contribution in [-0.4, -0.2) is 23.2 Å². The minimum absolute atomic E-state index is 0.0927. The van der Waals surface area contributed by atoms with E-state index in [1.807, 2.05) is 78.0 Å². The first kappa shape index (κ1) is 26.2. The molecule has 0 unspecified atom stereocenters. The van der Waals surface area contributed by atoms with Gasteiger partial charge in [0.2, 0.25) is 0 Å². The summed E-state index contributed by atoms with van der Waals surface area (Å²) in [7, 11) is 0. The van der Waals surface area contributed by atoms with Crippen molar-refractivity contribution in [3.8, 4) is 0 Å². The molecule has 0 aromatic rings. The molecule has 0 aromatic carbocycles. The zero-order valence-electron chi connectivity index (χ0n) is 17.5. The van der Waals surface area contributed by atoms with Crippen molar-refractivity contribution >= 4 is 5.91 Å². The minimum Gasteiger partial charge on any atom is -0.490 e. The highest BCUT2D eigenvalue weighted by atomic mass is 16.5. The summed E-state index contributed by atoms with van der Waals surface area (Å²) in [6.07, 6.45) is 16.8. The average molecular weight is 364 g/mol. The standard InChI is InChI=1S/C18H25NO3.2C2H6/c1-4-6-8-11-15(5-2)19-17(20)18(3,21)14-22-16-12-9-7-10-13-16;2*1-2/h4-6,8-9,11-13,21H,7,10,14H2,1-3H3,(H,19,20);2*1-2H3/b6-4-,11-8-,15-5+;;/t18-;;/m0../s1. The van der Waals surface area contributed by atoms with Gasteiger partial charge in [-0.25, -0.2) is 0 Å².